The number of carbonyl (C=O) groups is 2. The smallest absolute Gasteiger partial charge is 0.307 e. The first-order valence-corrected chi connectivity index (χ1v) is 15.2. The minimum Gasteiger partial charge on any atom is -0.488 e. The maximum Gasteiger partial charge on any atom is 0.307 e. The van der Waals surface area contributed by atoms with Crippen LogP contribution in [0.2, 0.25) is 0 Å². The number of hydrogen-bond acceptors (Lipinski definition) is 7. The molecule has 9 heteroatoms. The third kappa shape index (κ3) is 6.41. The van der Waals surface area contributed by atoms with Crippen LogP contribution in [0.3, 0.4) is 0 Å². The van der Waals surface area contributed by atoms with Crippen LogP contribution in [-0.4, -0.2) is 79.1 Å². The summed E-state index contributed by atoms with van der Waals surface area (Å²) in [5, 5.41) is 12.7. The van der Waals surface area contributed by atoms with Gasteiger partial charge < -0.3 is 24.5 Å². The van der Waals surface area contributed by atoms with E-state index in [0.29, 0.717) is 18.7 Å². The molecule has 0 radical (unpaired) electrons. The molecule has 1 saturated carbocycles. The topological polar surface area (TPSA) is 86.2 Å². The predicted molar refractivity (Wildman–Crippen MR) is 163 cm³/mol. The van der Waals surface area contributed by atoms with Gasteiger partial charge >= 0.3 is 5.97 Å². The summed E-state index contributed by atoms with van der Waals surface area (Å²) < 4.78 is 6.35. The van der Waals surface area contributed by atoms with Crippen molar-refractivity contribution in [3.8, 4) is 17.0 Å². The van der Waals surface area contributed by atoms with Crippen LogP contribution in [0.15, 0.2) is 41.8 Å². The van der Waals surface area contributed by atoms with Gasteiger partial charge in [0.15, 0.2) is 5.13 Å². The highest BCUT2D eigenvalue weighted by Gasteiger charge is 2.46. The molecule has 2 fully saturated rings. The molecule has 2 aromatic carbocycles. The second-order valence-electron chi connectivity index (χ2n) is 11.8. The first-order chi connectivity index (χ1) is 19.6. The van der Waals surface area contributed by atoms with Gasteiger partial charge in [-0.3, -0.25) is 9.59 Å². The quantitative estimate of drug-likeness (QED) is 0.356. The Morgan fingerprint density at radius 2 is 1.78 bits per heavy atom. The second kappa shape index (κ2) is 12.2. The normalized spacial score (nSPS) is 20.0. The van der Waals surface area contributed by atoms with Gasteiger partial charge in [0.2, 0.25) is 0 Å². The van der Waals surface area contributed by atoms with Crippen LogP contribution in [-0.2, 0) is 11.4 Å². The molecule has 3 aromatic rings. The third-order valence-corrected chi connectivity index (χ3v) is 9.40. The largest absolute Gasteiger partial charge is 0.488 e. The molecule has 2 heterocycles. The number of hydrogen-bond donors (Lipinski definition) is 1. The molecule has 41 heavy (non-hydrogen) atoms. The molecule has 1 amide bonds. The van der Waals surface area contributed by atoms with Crippen LogP contribution < -0.4 is 9.64 Å². The van der Waals surface area contributed by atoms with Crippen LogP contribution in [0, 0.1) is 31.6 Å². The van der Waals surface area contributed by atoms with Crippen LogP contribution in [0.25, 0.3) is 11.3 Å². The maximum atomic E-state index is 12.9. The van der Waals surface area contributed by atoms with Gasteiger partial charge in [0, 0.05) is 49.7 Å². The average molecular weight is 577 g/mol. The van der Waals surface area contributed by atoms with Crippen LogP contribution >= 0.6 is 11.3 Å². The van der Waals surface area contributed by atoms with Crippen molar-refractivity contribution < 1.29 is 19.4 Å². The molecule has 2 bridgehead atoms. The number of rotatable bonds is 10. The van der Waals surface area contributed by atoms with Crippen molar-refractivity contribution in [2.45, 2.75) is 33.3 Å². The molecule has 1 aliphatic carbocycles. The number of amides is 1. The number of aliphatic carboxylic acids is 1. The van der Waals surface area contributed by atoms with Gasteiger partial charge in [0.25, 0.3) is 5.91 Å². The lowest BCUT2D eigenvalue weighted by Crippen LogP contribution is -2.44. The summed E-state index contributed by atoms with van der Waals surface area (Å²) in [5.74, 6) is 0.298. The fraction of sp³-hybridized carbons (Fsp3) is 0.469. The molecule has 8 nitrogen and oxygen atoms in total. The lowest BCUT2D eigenvalue weighted by Gasteiger charge is -2.35. The molecule has 1 N–H and O–H groups in total. The van der Waals surface area contributed by atoms with Crippen LogP contribution in [0.4, 0.5) is 5.13 Å². The molecular formula is C32H40N4O4S. The number of aryl methyl sites for hydroxylation is 2. The Morgan fingerprint density at radius 1 is 1.05 bits per heavy atom. The van der Waals surface area contributed by atoms with E-state index in [1.165, 1.54) is 0 Å². The van der Waals surface area contributed by atoms with E-state index in [9.17, 15) is 14.7 Å². The fourth-order valence-electron chi connectivity index (χ4n) is 6.10. The van der Waals surface area contributed by atoms with E-state index in [0.717, 1.165) is 71.3 Å². The number of anilines is 1. The van der Waals surface area contributed by atoms with Gasteiger partial charge in [-0.05, 0) is 88.0 Å². The molecular weight excluding hydrogens is 536 g/mol. The van der Waals surface area contributed by atoms with E-state index in [1.54, 1.807) is 16.2 Å². The van der Waals surface area contributed by atoms with Gasteiger partial charge in [0.05, 0.1) is 11.6 Å². The number of ether oxygens (including phenoxy) is 1. The van der Waals surface area contributed by atoms with E-state index < -0.39 is 5.97 Å². The van der Waals surface area contributed by atoms with Crippen LogP contribution in [0.1, 0.15) is 39.9 Å². The van der Waals surface area contributed by atoms with E-state index >= 15 is 0 Å². The van der Waals surface area contributed by atoms with Gasteiger partial charge in [-0.2, -0.15) is 0 Å². The highest BCUT2D eigenvalue weighted by Crippen LogP contribution is 2.44. The van der Waals surface area contributed by atoms with Crippen molar-refractivity contribution in [1.29, 1.82) is 0 Å². The number of thiazole rings is 1. The first kappa shape index (κ1) is 29.1. The standard InChI is InChI=1S/C32H40N4O4S/c1-20-6-11-28(40-18-25-10-7-22(15-21(25)2)30(37)35(5)13-12-34(3)4)26(14-20)27-19-41-32(33-27)36-16-23-8-9-24(17-36)29(23)31(38)39/h6-7,10-11,14-15,19,23-24,29H,8-9,12-13,16-18H2,1-5H3,(H,38,39)/t23-,24-/m0/s1. The number of nitrogens with zero attached hydrogens (tertiary/aromatic N) is 4. The third-order valence-electron chi connectivity index (χ3n) is 8.49. The zero-order valence-electron chi connectivity index (χ0n) is 24.6. The van der Waals surface area contributed by atoms with Gasteiger partial charge in [-0.1, -0.05) is 17.7 Å². The lowest BCUT2D eigenvalue weighted by molar-refractivity contribution is -0.144. The summed E-state index contributed by atoms with van der Waals surface area (Å²) in [6.45, 7) is 7.45. The molecule has 1 aromatic heterocycles. The molecule has 2 aliphatic rings. The van der Waals surface area contributed by atoms with Gasteiger partial charge in [-0.15, -0.1) is 11.3 Å². The van der Waals surface area contributed by atoms with Gasteiger partial charge in [0.1, 0.15) is 12.4 Å². The number of carboxylic acids is 1. The minimum atomic E-state index is -0.651. The Kier molecular flexibility index (Phi) is 8.66. The summed E-state index contributed by atoms with van der Waals surface area (Å²) in [6, 6.07) is 11.9. The number of fused-ring (bicyclic) bond motifs is 2. The van der Waals surface area contributed by atoms with Crippen molar-refractivity contribution in [2.75, 3.05) is 52.2 Å². The summed E-state index contributed by atoms with van der Waals surface area (Å²) in [6.07, 6.45) is 1.96. The monoisotopic (exact) mass is 576 g/mol. The van der Waals surface area contributed by atoms with Crippen molar-refractivity contribution in [3.63, 3.8) is 0 Å². The Bertz CT molecular complexity index is 1410. The van der Waals surface area contributed by atoms with Crippen molar-refractivity contribution in [1.82, 2.24) is 14.8 Å². The highest BCUT2D eigenvalue weighted by atomic mass is 32.1. The SMILES string of the molecule is Cc1ccc(OCc2ccc(C(=O)N(C)CCN(C)C)cc2C)c(-c2csc(N3C[C@@H]4CC[C@@H](C3)C4C(=O)O)n2)c1. The predicted octanol–water partition coefficient (Wildman–Crippen LogP) is 5.19. The zero-order valence-corrected chi connectivity index (χ0v) is 25.4. The van der Waals surface area contributed by atoms with Crippen molar-refractivity contribution in [3.05, 3.63) is 64.0 Å². The zero-order chi connectivity index (χ0) is 29.3. The number of aromatic nitrogens is 1. The molecule has 1 saturated heterocycles. The Hall–Kier alpha value is -3.43. The van der Waals surface area contributed by atoms with Crippen molar-refractivity contribution in [2.24, 2.45) is 17.8 Å². The Morgan fingerprint density at radius 3 is 2.44 bits per heavy atom. The second-order valence-corrected chi connectivity index (χ2v) is 12.7. The van der Waals surface area contributed by atoms with E-state index in [1.807, 2.05) is 58.4 Å². The molecule has 0 unspecified atom stereocenters. The Labute approximate surface area is 246 Å². The molecule has 0 spiro atoms. The molecule has 218 valence electrons. The first-order valence-electron chi connectivity index (χ1n) is 14.3. The van der Waals surface area contributed by atoms with Gasteiger partial charge in [-0.25, -0.2) is 4.98 Å². The highest BCUT2D eigenvalue weighted by molar-refractivity contribution is 7.14. The number of piperidine rings is 1. The number of benzene rings is 2. The number of likely N-dealkylation sites (N-methyl/N-ethyl adjacent to an activating group) is 2. The molecule has 2 atom stereocenters. The van der Waals surface area contributed by atoms with Crippen molar-refractivity contribution >= 4 is 28.3 Å². The fourth-order valence-corrected chi connectivity index (χ4v) is 6.95. The molecule has 1 aliphatic heterocycles. The van der Waals surface area contributed by atoms with E-state index in [2.05, 4.69) is 28.2 Å². The summed E-state index contributed by atoms with van der Waals surface area (Å²) >= 11 is 1.61. The van der Waals surface area contributed by atoms with E-state index in [4.69, 9.17) is 9.72 Å². The maximum absolute atomic E-state index is 12.9. The number of carbonyl (C=O) groups excluding carboxylic acids is 1. The molecule has 5 rings (SSSR count). The summed E-state index contributed by atoms with van der Waals surface area (Å²) in [7, 11) is 5.84. The number of carboxylic acid groups (broad SMARTS) is 1. The van der Waals surface area contributed by atoms with Crippen LogP contribution in [0.5, 0.6) is 5.75 Å². The Balaban J connectivity index is 1.28. The van der Waals surface area contributed by atoms with E-state index in [-0.39, 0.29) is 23.7 Å². The average Bonchev–Trinajstić information content (AvgIpc) is 3.54. The lowest BCUT2D eigenvalue weighted by atomic mass is 9.85. The summed E-state index contributed by atoms with van der Waals surface area (Å²) in [5.41, 5.74) is 5.66. The minimum absolute atomic E-state index is 0.0165. The summed E-state index contributed by atoms with van der Waals surface area (Å²) in [4.78, 5) is 35.7.